The largest absolute Gasteiger partial charge is 0.353 e. The van der Waals surface area contributed by atoms with Crippen LogP contribution in [0.1, 0.15) is 43.5 Å². The van der Waals surface area contributed by atoms with Crippen molar-refractivity contribution < 1.29 is 0 Å². The van der Waals surface area contributed by atoms with Gasteiger partial charge in [-0.25, -0.2) is 4.98 Å². The Morgan fingerprint density at radius 3 is 2.43 bits per heavy atom. The van der Waals surface area contributed by atoms with Crippen molar-refractivity contribution in [1.82, 2.24) is 9.97 Å². The van der Waals surface area contributed by atoms with E-state index in [-0.39, 0.29) is 0 Å². The van der Waals surface area contributed by atoms with Gasteiger partial charge in [0.1, 0.15) is 5.82 Å². The zero-order chi connectivity index (χ0) is 15.2. The fourth-order valence-electron chi connectivity index (χ4n) is 2.23. The van der Waals surface area contributed by atoms with Gasteiger partial charge >= 0.3 is 0 Å². The predicted octanol–water partition coefficient (Wildman–Crippen LogP) is 3.09. The second-order valence-corrected chi connectivity index (χ2v) is 5.49. The minimum atomic E-state index is 0.398. The average molecular weight is 284 g/mol. The number of aromatic nitrogens is 2. The SMILES string of the molecule is CCN(Cc1ccncc1)c1cc(CN)cc(C(C)C)n1. The zero-order valence-electron chi connectivity index (χ0n) is 13.1. The van der Waals surface area contributed by atoms with E-state index < -0.39 is 0 Å². The molecule has 2 aromatic heterocycles. The highest BCUT2D eigenvalue weighted by atomic mass is 15.2. The van der Waals surface area contributed by atoms with Gasteiger partial charge in [0.2, 0.25) is 0 Å². The van der Waals surface area contributed by atoms with E-state index in [1.807, 2.05) is 24.5 Å². The van der Waals surface area contributed by atoms with Crippen LogP contribution in [0, 0.1) is 0 Å². The van der Waals surface area contributed by atoms with E-state index in [4.69, 9.17) is 10.7 Å². The van der Waals surface area contributed by atoms with Crippen LogP contribution in [0.25, 0.3) is 0 Å². The Balaban J connectivity index is 2.30. The van der Waals surface area contributed by atoms with Crippen LogP contribution >= 0.6 is 0 Å². The molecule has 0 amide bonds. The van der Waals surface area contributed by atoms with Crippen LogP contribution in [0.5, 0.6) is 0 Å². The van der Waals surface area contributed by atoms with Gasteiger partial charge < -0.3 is 10.6 Å². The van der Waals surface area contributed by atoms with Crippen LogP contribution in [0.4, 0.5) is 5.82 Å². The molecule has 0 aliphatic rings. The fourth-order valence-corrected chi connectivity index (χ4v) is 2.23. The van der Waals surface area contributed by atoms with Gasteiger partial charge in [-0.3, -0.25) is 4.98 Å². The number of hydrogen-bond donors (Lipinski definition) is 1. The first-order valence-electron chi connectivity index (χ1n) is 7.48. The Bertz CT molecular complexity index is 566. The van der Waals surface area contributed by atoms with Gasteiger partial charge in [-0.05, 0) is 48.2 Å². The molecule has 21 heavy (non-hydrogen) atoms. The van der Waals surface area contributed by atoms with Gasteiger partial charge in [-0.1, -0.05) is 13.8 Å². The van der Waals surface area contributed by atoms with Gasteiger partial charge in [-0.2, -0.15) is 0 Å². The minimum absolute atomic E-state index is 0.398. The summed E-state index contributed by atoms with van der Waals surface area (Å²) in [5.41, 5.74) is 9.30. The summed E-state index contributed by atoms with van der Waals surface area (Å²) in [6, 6.07) is 8.28. The molecule has 0 aliphatic carbocycles. The van der Waals surface area contributed by atoms with Crippen molar-refractivity contribution in [3.8, 4) is 0 Å². The van der Waals surface area contributed by atoms with Crippen LogP contribution < -0.4 is 10.6 Å². The molecule has 2 rings (SSSR count). The maximum absolute atomic E-state index is 5.83. The van der Waals surface area contributed by atoms with Crippen molar-refractivity contribution in [3.05, 3.63) is 53.5 Å². The standard InChI is InChI=1S/C17H24N4/c1-4-21(12-14-5-7-19-8-6-14)17-10-15(11-18)9-16(20-17)13(2)3/h5-10,13H,4,11-12,18H2,1-3H3. The molecule has 0 radical (unpaired) electrons. The Labute approximate surface area is 127 Å². The van der Waals surface area contributed by atoms with Crippen molar-refractivity contribution in [2.24, 2.45) is 5.73 Å². The van der Waals surface area contributed by atoms with E-state index in [0.717, 1.165) is 30.2 Å². The van der Waals surface area contributed by atoms with Crippen molar-refractivity contribution in [3.63, 3.8) is 0 Å². The molecule has 0 bridgehead atoms. The lowest BCUT2D eigenvalue weighted by Crippen LogP contribution is -2.24. The van der Waals surface area contributed by atoms with Crippen LogP contribution in [0.3, 0.4) is 0 Å². The summed E-state index contributed by atoms with van der Waals surface area (Å²) in [4.78, 5) is 11.1. The fraction of sp³-hybridized carbons (Fsp3) is 0.412. The van der Waals surface area contributed by atoms with Crippen molar-refractivity contribution >= 4 is 5.82 Å². The minimum Gasteiger partial charge on any atom is -0.353 e. The second kappa shape index (κ2) is 7.18. The molecule has 2 aromatic rings. The predicted molar refractivity (Wildman–Crippen MR) is 87.2 cm³/mol. The topological polar surface area (TPSA) is 55.0 Å². The van der Waals surface area contributed by atoms with Crippen LogP contribution in [0.15, 0.2) is 36.7 Å². The van der Waals surface area contributed by atoms with Crippen LogP contribution in [-0.4, -0.2) is 16.5 Å². The first kappa shape index (κ1) is 15.4. The third-order valence-corrected chi connectivity index (χ3v) is 3.55. The van der Waals surface area contributed by atoms with Gasteiger partial charge in [0.25, 0.3) is 0 Å². The van der Waals surface area contributed by atoms with Crippen molar-refractivity contribution in [1.29, 1.82) is 0 Å². The molecule has 0 atom stereocenters. The van der Waals surface area contributed by atoms with Gasteiger partial charge in [0.15, 0.2) is 0 Å². The first-order valence-corrected chi connectivity index (χ1v) is 7.48. The summed E-state index contributed by atoms with van der Waals surface area (Å²) in [6.45, 7) is 8.74. The summed E-state index contributed by atoms with van der Waals surface area (Å²) < 4.78 is 0. The molecule has 0 saturated carbocycles. The molecule has 112 valence electrons. The third-order valence-electron chi connectivity index (χ3n) is 3.55. The number of nitrogens with two attached hydrogens (primary N) is 1. The molecule has 0 unspecified atom stereocenters. The normalized spacial score (nSPS) is 10.9. The lowest BCUT2D eigenvalue weighted by atomic mass is 10.1. The molecule has 4 heteroatoms. The van der Waals surface area contributed by atoms with E-state index in [9.17, 15) is 0 Å². The third kappa shape index (κ3) is 4.02. The molecular weight excluding hydrogens is 260 g/mol. The number of hydrogen-bond acceptors (Lipinski definition) is 4. The summed E-state index contributed by atoms with van der Waals surface area (Å²) in [6.07, 6.45) is 3.65. The molecule has 0 saturated heterocycles. The monoisotopic (exact) mass is 284 g/mol. The molecule has 2 heterocycles. The van der Waals surface area contributed by atoms with Crippen LogP contribution in [0.2, 0.25) is 0 Å². The zero-order valence-corrected chi connectivity index (χ0v) is 13.1. The van der Waals surface area contributed by atoms with Gasteiger partial charge in [-0.15, -0.1) is 0 Å². The maximum atomic E-state index is 5.83. The van der Waals surface area contributed by atoms with Gasteiger partial charge in [0.05, 0.1) is 0 Å². The molecule has 0 aromatic carbocycles. The summed E-state index contributed by atoms with van der Waals surface area (Å²) >= 11 is 0. The molecule has 0 spiro atoms. The number of anilines is 1. The summed E-state index contributed by atoms with van der Waals surface area (Å²) in [5, 5.41) is 0. The Morgan fingerprint density at radius 2 is 1.86 bits per heavy atom. The van der Waals surface area contributed by atoms with E-state index in [1.54, 1.807) is 0 Å². The summed E-state index contributed by atoms with van der Waals surface area (Å²) in [5.74, 6) is 1.40. The summed E-state index contributed by atoms with van der Waals surface area (Å²) in [7, 11) is 0. The highest BCUT2D eigenvalue weighted by Gasteiger charge is 2.11. The second-order valence-electron chi connectivity index (χ2n) is 5.49. The molecule has 2 N–H and O–H groups in total. The molecule has 4 nitrogen and oxygen atoms in total. The van der Waals surface area contributed by atoms with E-state index in [2.05, 4.69) is 42.8 Å². The Morgan fingerprint density at radius 1 is 1.14 bits per heavy atom. The highest BCUT2D eigenvalue weighted by molar-refractivity contribution is 5.44. The maximum Gasteiger partial charge on any atom is 0.129 e. The molecular formula is C17H24N4. The molecule has 0 fully saturated rings. The highest BCUT2D eigenvalue weighted by Crippen LogP contribution is 2.21. The first-order chi connectivity index (χ1) is 10.1. The number of rotatable bonds is 6. The Hall–Kier alpha value is -1.94. The number of pyridine rings is 2. The quantitative estimate of drug-likeness (QED) is 0.885. The van der Waals surface area contributed by atoms with Gasteiger partial charge in [0, 0.05) is 37.7 Å². The average Bonchev–Trinajstić information content (AvgIpc) is 2.53. The van der Waals surface area contributed by atoms with Crippen molar-refractivity contribution in [2.75, 3.05) is 11.4 Å². The van der Waals surface area contributed by atoms with Crippen molar-refractivity contribution in [2.45, 2.75) is 39.8 Å². The van der Waals surface area contributed by atoms with E-state index in [1.165, 1.54) is 5.56 Å². The van der Waals surface area contributed by atoms with E-state index in [0.29, 0.717) is 12.5 Å². The Kier molecular flexibility index (Phi) is 5.28. The lowest BCUT2D eigenvalue weighted by molar-refractivity contribution is 0.774. The number of nitrogens with zero attached hydrogens (tertiary/aromatic N) is 3. The molecule has 0 aliphatic heterocycles. The lowest BCUT2D eigenvalue weighted by Gasteiger charge is -2.24. The van der Waals surface area contributed by atoms with Crippen LogP contribution in [-0.2, 0) is 13.1 Å². The van der Waals surface area contributed by atoms with E-state index >= 15 is 0 Å². The smallest absolute Gasteiger partial charge is 0.129 e.